The molecule has 0 aliphatic carbocycles. The van der Waals surface area contributed by atoms with Gasteiger partial charge in [0.25, 0.3) is 5.91 Å². The molecule has 1 fully saturated rings. The third kappa shape index (κ3) is 2.71. The van der Waals surface area contributed by atoms with Crippen molar-refractivity contribution < 1.29 is 9.21 Å². The summed E-state index contributed by atoms with van der Waals surface area (Å²) in [7, 11) is 1.91. The molecule has 1 unspecified atom stereocenters. The number of carbonyl (C=O) groups is 1. The van der Waals surface area contributed by atoms with Gasteiger partial charge in [-0.05, 0) is 38.9 Å². The number of likely N-dealkylation sites (N-methyl/N-ethyl adjacent to an activating group) is 1. The standard InChI is InChI=1S/C15H20N4O2/c1-10-5-6-14(21-10)12-8-13(18-17-12)15(20)19-7-3-4-11(19)9-16-2/h5-6,8,11,16H,3-4,7,9H2,1-2H3,(H,17,18). The first-order valence-corrected chi connectivity index (χ1v) is 7.27. The van der Waals surface area contributed by atoms with E-state index in [4.69, 9.17) is 4.42 Å². The summed E-state index contributed by atoms with van der Waals surface area (Å²) < 4.78 is 5.54. The quantitative estimate of drug-likeness (QED) is 0.899. The summed E-state index contributed by atoms with van der Waals surface area (Å²) in [6.07, 6.45) is 2.09. The predicted molar refractivity (Wildman–Crippen MR) is 79.0 cm³/mol. The fourth-order valence-electron chi connectivity index (χ4n) is 2.83. The fraction of sp³-hybridized carbons (Fsp3) is 0.467. The average molecular weight is 288 g/mol. The molecule has 3 rings (SSSR count). The van der Waals surface area contributed by atoms with Crippen LogP contribution in [0, 0.1) is 6.92 Å². The smallest absolute Gasteiger partial charge is 0.274 e. The SMILES string of the molecule is CNCC1CCCN1C(=O)c1cc(-c2ccc(C)o2)[nH]n1. The van der Waals surface area contributed by atoms with Crippen LogP contribution in [0.1, 0.15) is 29.1 Å². The Morgan fingerprint density at radius 1 is 1.57 bits per heavy atom. The highest BCUT2D eigenvalue weighted by molar-refractivity contribution is 5.93. The van der Waals surface area contributed by atoms with Crippen LogP contribution in [0.4, 0.5) is 0 Å². The number of likely N-dealkylation sites (tertiary alicyclic amines) is 1. The van der Waals surface area contributed by atoms with Crippen molar-refractivity contribution in [2.24, 2.45) is 0 Å². The highest BCUT2D eigenvalue weighted by Crippen LogP contribution is 2.23. The maximum Gasteiger partial charge on any atom is 0.274 e. The van der Waals surface area contributed by atoms with Crippen molar-refractivity contribution in [1.29, 1.82) is 0 Å². The molecule has 1 aliphatic rings. The minimum Gasteiger partial charge on any atom is -0.460 e. The van der Waals surface area contributed by atoms with Crippen LogP contribution in [0.3, 0.4) is 0 Å². The molecule has 0 saturated carbocycles. The molecule has 1 amide bonds. The third-order valence-corrected chi connectivity index (χ3v) is 3.88. The van der Waals surface area contributed by atoms with Crippen LogP contribution in [0.2, 0.25) is 0 Å². The van der Waals surface area contributed by atoms with Gasteiger partial charge in [0.05, 0.1) is 0 Å². The first-order valence-electron chi connectivity index (χ1n) is 7.27. The van der Waals surface area contributed by atoms with E-state index in [1.807, 2.05) is 31.0 Å². The van der Waals surface area contributed by atoms with Gasteiger partial charge >= 0.3 is 0 Å². The van der Waals surface area contributed by atoms with Crippen molar-refractivity contribution in [2.75, 3.05) is 20.1 Å². The predicted octanol–water partition coefficient (Wildman–Crippen LogP) is 1.80. The molecular weight excluding hydrogens is 268 g/mol. The number of nitrogens with one attached hydrogen (secondary N) is 2. The largest absolute Gasteiger partial charge is 0.460 e. The number of nitrogens with zero attached hydrogens (tertiary/aromatic N) is 2. The zero-order chi connectivity index (χ0) is 14.8. The van der Waals surface area contributed by atoms with Crippen LogP contribution >= 0.6 is 0 Å². The number of rotatable bonds is 4. The fourth-order valence-corrected chi connectivity index (χ4v) is 2.83. The van der Waals surface area contributed by atoms with Gasteiger partial charge in [0.15, 0.2) is 11.5 Å². The molecule has 6 nitrogen and oxygen atoms in total. The monoisotopic (exact) mass is 288 g/mol. The highest BCUT2D eigenvalue weighted by Gasteiger charge is 2.30. The maximum atomic E-state index is 12.6. The van der Waals surface area contributed by atoms with Gasteiger partial charge in [-0.1, -0.05) is 0 Å². The highest BCUT2D eigenvalue weighted by atomic mass is 16.3. The number of hydrogen-bond acceptors (Lipinski definition) is 4. The Balaban J connectivity index is 1.78. The number of aromatic nitrogens is 2. The van der Waals surface area contributed by atoms with Crippen LogP contribution in [0.15, 0.2) is 22.6 Å². The Morgan fingerprint density at radius 3 is 3.14 bits per heavy atom. The Morgan fingerprint density at radius 2 is 2.43 bits per heavy atom. The molecule has 1 aliphatic heterocycles. The molecule has 1 saturated heterocycles. The molecule has 2 aromatic heterocycles. The van der Waals surface area contributed by atoms with Gasteiger partial charge < -0.3 is 14.6 Å². The topological polar surface area (TPSA) is 74.2 Å². The van der Waals surface area contributed by atoms with E-state index in [2.05, 4.69) is 15.5 Å². The zero-order valence-electron chi connectivity index (χ0n) is 12.3. The minimum absolute atomic E-state index is 0.0153. The van der Waals surface area contributed by atoms with Crippen molar-refractivity contribution in [3.05, 3.63) is 29.7 Å². The van der Waals surface area contributed by atoms with E-state index in [-0.39, 0.29) is 11.9 Å². The van der Waals surface area contributed by atoms with E-state index in [0.717, 1.165) is 37.4 Å². The molecule has 21 heavy (non-hydrogen) atoms. The van der Waals surface area contributed by atoms with Gasteiger partial charge in [0, 0.05) is 25.2 Å². The van der Waals surface area contributed by atoms with Crippen LogP contribution in [0.25, 0.3) is 11.5 Å². The summed E-state index contributed by atoms with van der Waals surface area (Å²) in [4.78, 5) is 14.5. The van der Waals surface area contributed by atoms with Gasteiger partial charge in [-0.25, -0.2) is 0 Å². The molecule has 112 valence electrons. The van der Waals surface area contributed by atoms with Crippen molar-refractivity contribution >= 4 is 5.91 Å². The Labute approximate surface area is 123 Å². The first kappa shape index (κ1) is 13.9. The molecule has 0 bridgehead atoms. The minimum atomic E-state index is -0.0153. The van der Waals surface area contributed by atoms with Gasteiger partial charge in [-0.2, -0.15) is 5.10 Å². The third-order valence-electron chi connectivity index (χ3n) is 3.88. The molecule has 6 heteroatoms. The van der Waals surface area contributed by atoms with E-state index in [0.29, 0.717) is 11.5 Å². The van der Waals surface area contributed by atoms with Crippen LogP contribution in [0.5, 0.6) is 0 Å². The lowest BCUT2D eigenvalue weighted by Crippen LogP contribution is -2.41. The van der Waals surface area contributed by atoms with E-state index in [9.17, 15) is 4.79 Å². The van der Waals surface area contributed by atoms with E-state index in [1.165, 1.54) is 0 Å². The average Bonchev–Trinajstić information content (AvgIpc) is 3.17. The molecular formula is C15H20N4O2. The lowest BCUT2D eigenvalue weighted by molar-refractivity contribution is 0.0731. The Hall–Kier alpha value is -2.08. The second-order valence-electron chi connectivity index (χ2n) is 5.43. The zero-order valence-corrected chi connectivity index (χ0v) is 12.3. The summed E-state index contributed by atoms with van der Waals surface area (Å²) in [6.45, 7) is 3.51. The molecule has 2 aromatic rings. The second kappa shape index (κ2) is 5.73. The van der Waals surface area contributed by atoms with Crippen LogP contribution in [-0.2, 0) is 0 Å². The van der Waals surface area contributed by atoms with Crippen LogP contribution < -0.4 is 5.32 Å². The van der Waals surface area contributed by atoms with Gasteiger partial charge in [0.1, 0.15) is 11.5 Å². The maximum absolute atomic E-state index is 12.6. The summed E-state index contributed by atoms with van der Waals surface area (Å²) in [5, 5.41) is 10.2. The Kier molecular flexibility index (Phi) is 3.79. The molecule has 3 heterocycles. The Bertz CT molecular complexity index is 631. The lowest BCUT2D eigenvalue weighted by atomic mass is 10.2. The summed E-state index contributed by atoms with van der Waals surface area (Å²) in [5.41, 5.74) is 1.18. The molecule has 1 atom stereocenters. The number of aryl methyl sites for hydroxylation is 1. The number of aromatic amines is 1. The summed E-state index contributed by atoms with van der Waals surface area (Å²) in [5.74, 6) is 1.52. The van der Waals surface area contributed by atoms with Crippen molar-refractivity contribution in [3.8, 4) is 11.5 Å². The normalized spacial score (nSPS) is 18.4. The van der Waals surface area contributed by atoms with Gasteiger partial charge in [-0.3, -0.25) is 9.89 Å². The van der Waals surface area contributed by atoms with E-state index in [1.54, 1.807) is 6.07 Å². The summed E-state index contributed by atoms with van der Waals surface area (Å²) >= 11 is 0. The van der Waals surface area contributed by atoms with Gasteiger partial charge in [0.2, 0.25) is 0 Å². The number of H-pyrrole nitrogens is 1. The number of hydrogen-bond donors (Lipinski definition) is 2. The van der Waals surface area contributed by atoms with Crippen molar-refractivity contribution in [1.82, 2.24) is 20.4 Å². The van der Waals surface area contributed by atoms with Crippen molar-refractivity contribution in [3.63, 3.8) is 0 Å². The van der Waals surface area contributed by atoms with Crippen molar-refractivity contribution in [2.45, 2.75) is 25.8 Å². The van der Waals surface area contributed by atoms with Crippen LogP contribution in [-0.4, -0.2) is 47.2 Å². The van der Waals surface area contributed by atoms with E-state index >= 15 is 0 Å². The molecule has 2 N–H and O–H groups in total. The molecule has 0 radical (unpaired) electrons. The number of furan rings is 1. The first-order chi connectivity index (χ1) is 10.2. The lowest BCUT2D eigenvalue weighted by Gasteiger charge is -2.23. The van der Waals surface area contributed by atoms with Gasteiger partial charge in [-0.15, -0.1) is 0 Å². The molecule has 0 aromatic carbocycles. The second-order valence-corrected chi connectivity index (χ2v) is 5.43. The molecule has 0 spiro atoms. The summed E-state index contributed by atoms with van der Waals surface area (Å²) in [6, 6.07) is 5.78. The number of amides is 1. The van der Waals surface area contributed by atoms with E-state index < -0.39 is 0 Å². The number of carbonyl (C=O) groups excluding carboxylic acids is 1.